The molecule has 0 amide bonds. The van der Waals surface area contributed by atoms with Gasteiger partial charge in [0, 0.05) is 0 Å². The van der Waals surface area contributed by atoms with Gasteiger partial charge in [-0.15, -0.1) is 0 Å². The Morgan fingerprint density at radius 3 is 0.553 bits per heavy atom. The third-order valence-electron chi connectivity index (χ3n) is 8.14. The summed E-state index contributed by atoms with van der Waals surface area (Å²) in [5, 5.41) is 8.76. The van der Waals surface area contributed by atoms with Gasteiger partial charge >= 0.3 is 40.8 Å². The number of hydrogen-bond donors (Lipinski definition) is 0. The van der Waals surface area contributed by atoms with Crippen LogP contribution in [-0.2, 0) is 13.9 Å². The van der Waals surface area contributed by atoms with Crippen molar-refractivity contribution in [2.75, 3.05) is 0 Å². The first-order valence-corrected chi connectivity index (χ1v) is 25.3. The van der Waals surface area contributed by atoms with E-state index in [0.29, 0.717) is 13.9 Å². The molecule has 0 nitrogen and oxygen atoms in total. The van der Waals surface area contributed by atoms with Crippen molar-refractivity contribution in [3.05, 3.63) is 179 Å². The van der Waals surface area contributed by atoms with Crippen molar-refractivity contribution in [3.8, 4) is 0 Å². The summed E-state index contributed by atoms with van der Waals surface area (Å²) in [5.41, 5.74) is 8.25. The van der Waals surface area contributed by atoms with E-state index in [9.17, 15) is 0 Å². The first-order valence-electron chi connectivity index (χ1n) is 15.5. The van der Waals surface area contributed by atoms with Crippen LogP contribution in [0.3, 0.4) is 0 Å². The van der Waals surface area contributed by atoms with Crippen LogP contribution in [0.2, 0.25) is 0 Å². The minimum atomic E-state index is -0.508. The molecule has 0 spiro atoms. The average molecular weight is 875 g/mol. The van der Waals surface area contributed by atoms with E-state index in [2.05, 4.69) is 214 Å². The standard InChI is InChI=1S/2C21H21P.2BrH.Pd/c2*1-16-10-4-7-13-19(16)22(20-14-8-5-11-17(20)2)21-15-9-6-12-18(21)3;;;/h2*4-15H,1-3H3;2*1H;/q;;;;+2/p-2. The van der Waals surface area contributed by atoms with Gasteiger partial charge in [-0.3, -0.25) is 0 Å². The number of aryl methyl sites for hydroxylation is 6. The van der Waals surface area contributed by atoms with Gasteiger partial charge in [-0.1, -0.05) is 146 Å². The van der Waals surface area contributed by atoms with Crippen molar-refractivity contribution < 1.29 is 13.9 Å². The molecule has 0 unspecified atom stereocenters. The molecule has 6 aromatic carbocycles. The molecule has 0 aliphatic heterocycles. The first kappa shape index (κ1) is 37.6. The van der Waals surface area contributed by atoms with Crippen LogP contribution >= 0.6 is 42.7 Å². The molecule has 244 valence electrons. The van der Waals surface area contributed by atoms with Crippen LogP contribution < -0.4 is 31.8 Å². The van der Waals surface area contributed by atoms with E-state index in [-0.39, 0.29) is 0 Å². The Balaban J connectivity index is 0.000000197. The summed E-state index contributed by atoms with van der Waals surface area (Å²) >= 11 is 6.80. The summed E-state index contributed by atoms with van der Waals surface area (Å²) in [6.45, 7) is 13.3. The zero-order chi connectivity index (χ0) is 33.8. The van der Waals surface area contributed by atoms with E-state index in [1.807, 2.05) is 0 Å². The average Bonchev–Trinajstić information content (AvgIpc) is 3.07. The SMILES string of the molecule is Cc1ccccc1P(c1ccccc1C)c1ccccc1C.Cc1ccccc1P(c1ccccc1C)c1ccccc1C.[Br][Pd][Br]. The second-order valence-electron chi connectivity index (χ2n) is 11.4. The fraction of sp³-hybridized carbons (Fsp3) is 0.143. The Morgan fingerprint density at radius 1 is 0.298 bits per heavy atom. The molecular formula is C42H42Br2P2Pd. The molecule has 6 aromatic rings. The van der Waals surface area contributed by atoms with Crippen molar-refractivity contribution in [1.29, 1.82) is 0 Å². The van der Waals surface area contributed by atoms with E-state index in [0.717, 1.165) is 0 Å². The van der Waals surface area contributed by atoms with E-state index in [1.54, 1.807) is 0 Å². The summed E-state index contributed by atoms with van der Waals surface area (Å²) in [5.74, 6) is 0. The van der Waals surface area contributed by atoms with Gasteiger partial charge in [0.25, 0.3) is 0 Å². The molecule has 0 saturated carbocycles. The predicted octanol–water partition coefficient (Wildman–Crippen LogP) is 10.4. The molecule has 0 saturated heterocycles. The second kappa shape index (κ2) is 19.1. The third-order valence-corrected chi connectivity index (χ3v) is 14.0. The van der Waals surface area contributed by atoms with E-state index in [1.165, 1.54) is 65.2 Å². The van der Waals surface area contributed by atoms with Crippen molar-refractivity contribution in [2.24, 2.45) is 0 Å². The molecule has 0 aliphatic rings. The summed E-state index contributed by atoms with van der Waals surface area (Å²) in [4.78, 5) is 0. The zero-order valence-corrected chi connectivity index (χ0v) is 34.3. The van der Waals surface area contributed by atoms with E-state index in [4.69, 9.17) is 0 Å². The molecule has 0 bridgehead atoms. The maximum atomic E-state index is 3.11. The number of rotatable bonds is 6. The number of hydrogen-bond acceptors (Lipinski definition) is 0. The topological polar surface area (TPSA) is 0 Å². The van der Waals surface area contributed by atoms with Gasteiger partial charge in [-0.05, 0) is 123 Å². The van der Waals surface area contributed by atoms with Crippen molar-refractivity contribution in [2.45, 2.75) is 41.5 Å². The van der Waals surface area contributed by atoms with Gasteiger partial charge in [0.05, 0.1) is 0 Å². The number of benzene rings is 6. The normalized spacial score (nSPS) is 10.7. The van der Waals surface area contributed by atoms with Crippen LogP contribution in [0.1, 0.15) is 33.4 Å². The molecule has 5 heteroatoms. The van der Waals surface area contributed by atoms with Crippen LogP contribution in [0, 0.1) is 41.5 Å². The Morgan fingerprint density at radius 2 is 0.426 bits per heavy atom. The van der Waals surface area contributed by atoms with Gasteiger partial charge < -0.3 is 0 Å². The summed E-state index contributed by atoms with van der Waals surface area (Å²) in [7, 11) is -1.02. The summed E-state index contributed by atoms with van der Waals surface area (Å²) in [6.07, 6.45) is 0. The van der Waals surface area contributed by atoms with Gasteiger partial charge in [0.15, 0.2) is 0 Å². The van der Waals surface area contributed by atoms with Crippen LogP contribution in [0.5, 0.6) is 0 Å². The first-order chi connectivity index (χ1) is 22.8. The van der Waals surface area contributed by atoms with Gasteiger partial charge in [-0.25, -0.2) is 0 Å². The molecule has 0 N–H and O–H groups in total. The van der Waals surface area contributed by atoms with Gasteiger partial charge in [-0.2, -0.15) is 0 Å². The van der Waals surface area contributed by atoms with Crippen molar-refractivity contribution in [1.82, 2.24) is 0 Å². The molecule has 0 aromatic heterocycles. The van der Waals surface area contributed by atoms with E-state index < -0.39 is 15.8 Å². The van der Waals surface area contributed by atoms with Crippen molar-refractivity contribution in [3.63, 3.8) is 0 Å². The van der Waals surface area contributed by atoms with Crippen LogP contribution in [0.4, 0.5) is 0 Å². The fourth-order valence-electron chi connectivity index (χ4n) is 5.66. The molecule has 0 heterocycles. The monoisotopic (exact) mass is 872 g/mol. The Bertz CT molecular complexity index is 1530. The number of halogens is 2. The van der Waals surface area contributed by atoms with Crippen LogP contribution in [0.15, 0.2) is 146 Å². The Kier molecular flexibility index (Phi) is 15.3. The van der Waals surface area contributed by atoms with Crippen LogP contribution in [-0.4, -0.2) is 0 Å². The summed E-state index contributed by atoms with van der Waals surface area (Å²) in [6, 6.07) is 52.8. The molecule has 0 radical (unpaired) electrons. The molecule has 0 fully saturated rings. The van der Waals surface area contributed by atoms with Crippen molar-refractivity contribution >= 4 is 74.5 Å². The van der Waals surface area contributed by atoms with E-state index >= 15 is 0 Å². The molecule has 47 heavy (non-hydrogen) atoms. The molecule has 6 rings (SSSR count). The fourth-order valence-corrected chi connectivity index (χ4v) is 11.2. The summed E-state index contributed by atoms with van der Waals surface area (Å²) < 4.78 is 0. The Hall–Kier alpha value is -2.20. The quantitative estimate of drug-likeness (QED) is 0.116. The van der Waals surface area contributed by atoms with Gasteiger partial charge in [0.1, 0.15) is 0 Å². The predicted molar refractivity (Wildman–Crippen MR) is 217 cm³/mol. The second-order valence-corrected chi connectivity index (χ2v) is 22.8. The van der Waals surface area contributed by atoms with Gasteiger partial charge in [0.2, 0.25) is 0 Å². The Labute approximate surface area is 306 Å². The maximum absolute atomic E-state index is 3.11. The molecule has 0 aliphatic carbocycles. The van der Waals surface area contributed by atoms with Crippen LogP contribution in [0.25, 0.3) is 0 Å². The zero-order valence-electron chi connectivity index (χ0n) is 27.8. The molecular weight excluding hydrogens is 833 g/mol. The minimum absolute atomic E-state index is 0.508. The third kappa shape index (κ3) is 9.93. The molecule has 0 atom stereocenters.